The number of hydrogen-bond donors (Lipinski definition) is 1. The predicted octanol–water partition coefficient (Wildman–Crippen LogP) is 6.58. The number of amides is 2. The fourth-order valence-electron chi connectivity index (χ4n) is 4.16. The molecule has 0 aliphatic carbocycles. The molecular weight excluding hydrogens is 468 g/mol. The van der Waals surface area contributed by atoms with E-state index in [2.05, 4.69) is 27.6 Å². The number of benzene rings is 2. The Morgan fingerprint density at radius 3 is 2.62 bits per heavy atom. The number of thiophene rings is 1. The first-order chi connectivity index (χ1) is 16.6. The summed E-state index contributed by atoms with van der Waals surface area (Å²) in [6.07, 6.45) is 1.72. The molecule has 0 saturated carbocycles. The lowest BCUT2D eigenvalue weighted by atomic mass is 9.94. The SMILES string of the molecule is CC1=C(c2nc(-c3cccs3)no2)C(c2ccc(Cl)cc2)NC(=O)N1CCCc1ccccc1. The zero-order valence-corrected chi connectivity index (χ0v) is 20.1. The smallest absolute Gasteiger partial charge is 0.322 e. The number of carbonyl (C=O) groups is 1. The Bertz CT molecular complexity index is 1300. The molecule has 0 radical (unpaired) electrons. The molecule has 4 aromatic rings. The molecule has 0 fully saturated rings. The van der Waals surface area contributed by atoms with E-state index in [1.54, 1.807) is 16.2 Å². The van der Waals surface area contributed by atoms with Crippen molar-refractivity contribution in [1.82, 2.24) is 20.4 Å². The first kappa shape index (κ1) is 22.4. The van der Waals surface area contributed by atoms with Gasteiger partial charge in [0.15, 0.2) is 0 Å². The summed E-state index contributed by atoms with van der Waals surface area (Å²) in [5.74, 6) is 0.932. The van der Waals surface area contributed by atoms with Crippen LogP contribution in [0.4, 0.5) is 4.79 Å². The average Bonchev–Trinajstić information content (AvgIpc) is 3.54. The standard InChI is InChI=1S/C26H23ClN4O2S/c1-17-22(25-29-24(30-33-25)21-10-6-16-34-21)23(19-11-13-20(27)14-12-19)28-26(32)31(17)15-5-9-18-7-3-2-4-8-18/h2-4,6-8,10-14,16,23H,5,9,15H2,1H3,(H,28,32). The van der Waals surface area contributed by atoms with Crippen LogP contribution in [-0.2, 0) is 6.42 Å². The van der Waals surface area contributed by atoms with E-state index >= 15 is 0 Å². The number of halogens is 1. The molecule has 2 aromatic heterocycles. The highest BCUT2D eigenvalue weighted by Crippen LogP contribution is 2.38. The highest BCUT2D eigenvalue weighted by atomic mass is 35.5. The minimum atomic E-state index is -0.424. The van der Waals surface area contributed by atoms with Gasteiger partial charge in [0, 0.05) is 17.3 Å². The molecule has 1 unspecified atom stereocenters. The quantitative estimate of drug-likeness (QED) is 0.317. The Hall–Kier alpha value is -3.42. The maximum atomic E-state index is 13.2. The summed E-state index contributed by atoms with van der Waals surface area (Å²) in [6, 6.07) is 21.0. The van der Waals surface area contributed by atoms with Gasteiger partial charge in [-0.05, 0) is 54.5 Å². The monoisotopic (exact) mass is 490 g/mol. The van der Waals surface area contributed by atoms with Crippen molar-refractivity contribution in [2.75, 3.05) is 6.54 Å². The molecule has 34 heavy (non-hydrogen) atoms. The summed E-state index contributed by atoms with van der Waals surface area (Å²) in [6.45, 7) is 2.52. The Morgan fingerprint density at radius 2 is 1.88 bits per heavy atom. The Morgan fingerprint density at radius 1 is 1.09 bits per heavy atom. The summed E-state index contributed by atoms with van der Waals surface area (Å²) in [4.78, 5) is 20.5. The van der Waals surface area contributed by atoms with Crippen LogP contribution in [-0.4, -0.2) is 27.6 Å². The van der Waals surface area contributed by atoms with Crippen LogP contribution >= 0.6 is 22.9 Å². The molecule has 2 amide bonds. The second-order valence-electron chi connectivity index (χ2n) is 8.07. The topological polar surface area (TPSA) is 71.3 Å². The van der Waals surface area contributed by atoms with Gasteiger partial charge >= 0.3 is 6.03 Å². The number of allylic oxidation sites excluding steroid dienone is 1. The molecule has 0 spiro atoms. The van der Waals surface area contributed by atoms with Gasteiger partial charge in [-0.15, -0.1) is 11.3 Å². The van der Waals surface area contributed by atoms with Crippen LogP contribution in [0.1, 0.15) is 36.4 Å². The van der Waals surface area contributed by atoms with Crippen molar-refractivity contribution in [3.05, 3.63) is 99.8 Å². The first-order valence-electron chi connectivity index (χ1n) is 11.1. The summed E-state index contributed by atoms with van der Waals surface area (Å²) < 4.78 is 5.71. The van der Waals surface area contributed by atoms with E-state index in [1.807, 2.05) is 66.9 Å². The van der Waals surface area contributed by atoms with Gasteiger partial charge in [-0.3, -0.25) is 4.90 Å². The van der Waals surface area contributed by atoms with Gasteiger partial charge in [0.25, 0.3) is 5.89 Å². The van der Waals surface area contributed by atoms with Gasteiger partial charge in [0.1, 0.15) is 0 Å². The van der Waals surface area contributed by atoms with E-state index < -0.39 is 6.04 Å². The molecule has 3 heterocycles. The van der Waals surface area contributed by atoms with Crippen molar-refractivity contribution in [2.45, 2.75) is 25.8 Å². The molecule has 1 N–H and O–H groups in total. The largest absolute Gasteiger partial charge is 0.334 e. The highest BCUT2D eigenvalue weighted by molar-refractivity contribution is 7.13. The van der Waals surface area contributed by atoms with Gasteiger partial charge in [-0.25, -0.2) is 4.79 Å². The molecule has 0 bridgehead atoms. The lowest BCUT2D eigenvalue weighted by Gasteiger charge is -2.35. The maximum absolute atomic E-state index is 13.2. The predicted molar refractivity (Wildman–Crippen MR) is 134 cm³/mol. The van der Waals surface area contributed by atoms with Crippen molar-refractivity contribution < 1.29 is 9.32 Å². The Balaban J connectivity index is 1.48. The Kier molecular flexibility index (Phi) is 6.47. The number of aromatic nitrogens is 2. The normalized spacial score (nSPS) is 16.1. The average molecular weight is 491 g/mol. The van der Waals surface area contributed by atoms with Crippen LogP contribution in [0.25, 0.3) is 16.3 Å². The zero-order valence-electron chi connectivity index (χ0n) is 18.6. The third-order valence-corrected chi connectivity index (χ3v) is 7.01. The summed E-state index contributed by atoms with van der Waals surface area (Å²) in [5, 5.41) is 9.94. The summed E-state index contributed by atoms with van der Waals surface area (Å²) >= 11 is 7.65. The molecule has 0 saturated heterocycles. The van der Waals surface area contributed by atoms with Crippen LogP contribution in [0.15, 0.2) is 82.3 Å². The maximum Gasteiger partial charge on any atom is 0.322 e. The van der Waals surface area contributed by atoms with E-state index in [0.29, 0.717) is 23.3 Å². The van der Waals surface area contributed by atoms with Gasteiger partial charge in [-0.2, -0.15) is 4.98 Å². The van der Waals surface area contributed by atoms with E-state index in [0.717, 1.165) is 34.6 Å². The molecule has 2 aromatic carbocycles. The highest BCUT2D eigenvalue weighted by Gasteiger charge is 2.35. The summed E-state index contributed by atoms with van der Waals surface area (Å²) in [7, 11) is 0. The van der Waals surface area contributed by atoms with Crippen molar-refractivity contribution in [3.8, 4) is 10.7 Å². The molecule has 1 aliphatic rings. The van der Waals surface area contributed by atoms with E-state index in [-0.39, 0.29) is 6.03 Å². The molecule has 8 heteroatoms. The minimum Gasteiger partial charge on any atom is -0.334 e. The van der Waals surface area contributed by atoms with E-state index in [9.17, 15) is 4.79 Å². The van der Waals surface area contributed by atoms with Crippen molar-refractivity contribution in [3.63, 3.8) is 0 Å². The first-order valence-corrected chi connectivity index (χ1v) is 12.3. The fourth-order valence-corrected chi connectivity index (χ4v) is 4.93. The van der Waals surface area contributed by atoms with Crippen LogP contribution < -0.4 is 5.32 Å². The molecule has 1 aliphatic heterocycles. The molecular formula is C26H23ClN4O2S. The molecule has 5 rings (SSSR count). The van der Waals surface area contributed by atoms with Crippen LogP contribution in [0, 0.1) is 0 Å². The van der Waals surface area contributed by atoms with Crippen LogP contribution in [0.2, 0.25) is 5.02 Å². The number of carbonyl (C=O) groups excluding carboxylic acids is 1. The number of hydrogen-bond acceptors (Lipinski definition) is 5. The van der Waals surface area contributed by atoms with Gasteiger partial charge < -0.3 is 9.84 Å². The Labute approximate surface area is 206 Å². The third kappa shape index (κ3) is 4.62. The van der Waals surface area contributed by atoms with Crippen molar-refractivity contribution in [2.24, 2.45) is 0 Å². The van der Waals surface area contributed by atoms with Crippen molar-refractivity contribution >= 4 is 34.5 Å². The zero-order chi connectivity index (χ0) is 23.5. The second kappa shape index (κ2) is 9.83. The fraction of sp³-hybridized carbons (Fsp3) is 0.192. The lowest BCUT2D eigenvalue weighted by molar-refractivity contribution is 0.204. The van der Waals surface area contributed by atoms with Gasteiger partial charge in [0.2, 0.25) is 5.82 Å². The summed E-state index contributed by atoms with van der Waals surface area (Å²) in [5.41, 5.74) is 3.74. The van der Waals surface area contributed by atoms with E-state index in [1.165, 1.54) is 5.56 Å². The molecule has 6 nitrogen and oxygen atoms in total. The van der Waals surface area contributed by atoms with Gasteiger partial charge in [-0.1, -0.05) is 65.3 Å². The number of nitrogens with zero attached hydrogens (tertiary/aromatic N) is 3. The second-order valence-corrected chi connectivity index (χ2v) is 9.46. The number of aryl methyl sites for hydroxylation is 1. The molecule has 172 valence electrons. The van der Waals surface area contributed by atoms with Crippen molar-refractivity contribution in [1.29, 1.82) is 0 Å². The van der Waals surface area contributed by atoms with Crippen LogP contribution in [0.3, 0.4) is 0 Å². The minimum absolute atomic E-state index is 0.146. The van der Waals surface area contributed by atoms with Crippen LogP contribution in [0.5, 0.6) is 0 Å². The number of nitrogens with one attached hydrogen (secondary N) is 1. The third-order valence-electron chi connectivity index (χ3n) is 5.89. The molecule has 1 atom stereocenters. The van der Waals surface area contributed by atoms with E-state index in [4.69, 9.17) is 16.1 Å². The van der Waals surface area contributed by atoms with Gasteiger partial charge in [0.05, 0.1) is 16.5 Å². The lowest BCUT2D eigenvalue weighted by Crippen LogP contribution is -2.46. The number of urea groups is 1. The number of rotatable bonds is 7.